The van der Waals surface area contributed by atoms with Crippen molar-refractivity contribution in [2.24, 2.45) is 11.7 Å². The smallest absolute Gasteiger partial charge is 0.439 e. The van der Waals surface area contributed by atoms with Crippen LogP contribution in [0.3, 0.4) is 0 Å². The zero-order chi connectivity index (χ0) is 22.0. The van der Waals surface area contributed by atoms with Crippen molar-refractivity contribution in [3.05, 3.63) is 75.7 Å². The van der Waals surface area contributed by atoms with Gasteiger partial charge in [0.25, 0.3) is 0 Å². The first kappa shape index (κ1) is 20.8. The number of pyridine rings is 1. The molecule has 0 atom stereocenters. The van der Waals surface area contributed by atoms with Crippen LogP contribution in [0.4, 0.5) is 0 Å². The molecule has 7 heteroatoms. The fourth-order valence-electron chi connectivity index (χ4n) is 3.72. The third-order valence-corrected chi connectivity index (χ3v) is 5.15. The highest BCUT2D eigenvalue weighted by Crippen LogP contribution is 2.36. The Labute approximate surface area is 180 Å². The Morgan fingerprint density at radius 1 is 1.16 bits per heavy atom. The van der Waals surface area contributed by atoms with Crippen LogP contribution >= 0.6 is 0 Å². The molecule has 0 fully saturated rings. The lowest BCUT2D eigenvalue weighted by atomic mass is 9.91. The lowest BCUT2D eigenvalue weighted by Gasteiger charge is -2.18. The molecule has 4 aromatic rings. The van der Waals surface area contributed by atoms with Gasteiger partial charge in [0.2, 0.25) is 0 Å². The minimum absolute atomic E-state index is 0.0969. The van der Waals surface area contributed by atoms with Crippen molar-refractivity contribution in [1.82, 2.24) is 15.1 Å². The zero-order valence-electron chi connectivity index (χ0n) is 17.9. The maximum absolute atomic E-state index is 11.1. The first-order chi connectivity index (χ1) is 14.9. The second kappa shape index (κ2) is 8.73. The number of nitrogens with zero attached hydrogens (tertiary/aromatic N) is 2. The van der Waals surface area contributed by atoms with Crippen molar-refractivity contribution in [3.63, 3.8) is 0 Å². The van der Waals surface area contributed by atoms with E-state index in [9.17, 15) is 4.79 Å². The molecule has 0 unspecified atom stereocenters. The number of hydrogen-bond acceptors (Lipinski definition) is 6. The highest BCUT2D eigenvalue weighted by molar-refractivity contribution is 5.97. The molecule has 4 rings (SSSR count). The van der Waals surface area contributed by atoms with Gasteiger partial charge in [-0.05, 0) is 54.2 Å². The van der Waals surface area contributed by atoms with Crippen LogP contribution in [0, 0.1) is 12.8 Å². The molecular weight excluding hydrogens is 392 g/mol. The Balaban J connectivity index is 1.84. The summed E-state index contributed by atoms with van der Waals surface area (Å²) < 4.78 is 10.4. The van der Waals surface area contributed by atoms with E-state index < -0.39 is 5.76 Å². The number of H-pyrrole nitrogens is 1. The Kier molecular flexibility index (Phi) is 5.86. The summed E-state index contributed by atoms with van der Waals surface area (Å²) in [7, 11) is 0. The fourth-order valence-corrected chi connectivity index (χ4v) is 3.72. The molecule has 7 nitrogen and oxygen atoms in total. The minimum Gasteiger partial charge on any atom is -0.486 e. The van der Waals surface area contributed by atoms with Crippen LogP contribution in [0.5, 0.6) is 5.75 Å². The van der Waals surface area contributed by atoms with Gasteiger partial charge in [-0.25, -0.2) is 4.79 Å². The van der Waals surface area contributed by atoms with Crippen LogP contribution in [0.1, 0.15) is 36.5 Å². The van der Waals surface area contributed by atoms with Gasteiger partial charge in [0.1, 0.15) is 12.4 Å². The van der Waals surface area contributed by atoms with E-state index in [-0.39, 0.29) is 6.61 Å². The molecule has 160 valence electrons. The van der Waals surface area contributed by atoms with E-state index in [0.717, 1.165) is 39.7 Å². The average molecular weight is 418 g/mol. The first-order valence-electron chi connectivity index (χ1n) is 10.3. The van der Waals surface area contributed by atoms with Gasteiger partial charge in [0.15, 0.2) is 5.82 Å². The van der Waals surface area contributed by atoms with E-state index in [0.29, 0.717) is 24.0 Å². The van der Waals surface area contributed by atoms with Gasteiger partial charge in [0.05, 0.1) is 5.52 Å². The molecule has 31 heavy (non-hydrogen) atoms. The van der Waals surface area contributed by atoms with Crippen LogP contribution in [0.2, 0.25) is 0 Å². The Morgan fingerprint density at radius 3 is 2.58 bits per heavy atom. The third kappa shape index (κ3) is 4.51. The van der Waals surface area contributed by atoms with E-state index in [1.54, 1.807) is 0 Å². The summed E-state index contributed by atoms with van der Waals surface area (Å²) in [5.74, 6) is 0.838. The van der Waals surface area contributed by atoms with Crippen LogP contribution in [-0.2, 0) is 19.6 Å². The molecule has 0 aliphatic heterocycles. The van der Waals surface area contributed by atoms with Gasteiger partial charge in [-0.3, -0.25) is 14.5 Å². The zero-order valence-corrected chi connectivity index (χ0v) is 17.9. The number of hydrogen-bond donors (Lipinski definition) is 2. The number of aromatic nitrogens is 3. The number of nitrogens with two attached hydrogens (primary N) is 1. The minimum atomic E-state index is -0.603. The molecular formula is C24H26N4O3. The van der Waals surface area contributed by atoms with Crippen molar-refractivity contribution in [2.75, 3.05) is 0 Å². The number of ether oxygens (including phenoxy) is 1. The summed E-state index contributed by atoms with van der Waals surface area (Å²) in [6.07, 6.45) is 0.860. The number of benzene rings is 2. The summed E-state index contributed by atoms with van der Waals surface area (Å²) in [5.41, 5.74) is 12.6. The Bertz CT molecular complexity index is 1260. The predicted molar refractivity (Wildman–Crippen MR) is 120 cm³/mol. The van der Waals surface area contributed by atoms with Crippen LogP contribution in [-0.4, -0.2) is 15.1 Å². The summed E-state index contributed by atoms with van der Waals surface area (Å²) in [5, 5.41) is 4.61. The standard InChI is InChI=1S/C24H26N4O3/c1-14(2)10-21-19(12-25)23(16-6-4-15(3)5-7-16)18-11-17(8-9-20(18)26-21)30-13-22-27-24(29)31-28-22/h4-9,11,14H,10,12-13,25H2,1-3H3,(H,27,28,29). The fraction of sp³-hybridized carbons (Fsp3) is 0.292. The Morgan fingerprint density at radius 2 is 1.94 bits per heavy atom. The molecule has 0 radical (unpaired) electrons. The first-order valence-corrected chi connectivity index (χ1v) is 10.3. The second-order valence-electron chi connectivity index (χ2n) is 8.09. The van der Waals surface area contributed by atoms with Crippen LogP contribution in [0.25, 0.3) is 22.0 Å². The van der Waals surface area contributed by atoms with Gasteiger partial charge >= 0.3 is 5.76 Å². The molecule has 0 aliphatic rings. The van der Waals surface area contributed by atoms with Gasteiger partial charge in [-0.15, -0.1) is 0 Å². The molecule has 0 spiro atoms. The molecule has 0 bridgehead atoms. The van der Waals surface area contributed by atoms with Crippen LogP contribution in [0.15, 0.2) is 51.8 Å². The summed E-state index contributed by atoms with van der Waals surface area (Å²) in [4.78, 5) is 18.5. The molecule has 0 amide bonds. The van der Waals surface area contributed by atoms with Crippen molar-refractivity contribution in [1.29, 1.82) is 0 Å². The lowest BCUT2D eigenvalue weighted by molar-refractivity contribution is 0.285. The number of fused-ring (bicyclic) bond motifs is 1. The molecule has 2 aromatic carbocycles. The molecule has 0 aliphatic carbocycles. The van der Waals surface area contributed by atoms with Gasteiger partial charge in [-0.1, -0.05) is 48.8 Å². The van der Waals surface area contributed by atoms with E-state index in [1.165, 1.54) is 5.56 Å². The molecule has 0 saturated heterocycles. The molecule has 2 aromatic heterocycles. The van der Waals surface area contributed by atoms with E-state index in [1.807, 2.05) is 18.2 Å². The average Bonchev–Trinajstić information content (AvgIpc) is 3.17. The van der Waals surface area contributed by atoms with Gasteiger partial charge < -0.3 is 10.5 Å². The highest BCUT2D eigenvalue weighted by Gasteiger charge is 2.17. The van der Waals surface area contributed by atoms with Gasteiger partial charge in [-0.2, -0.15) is 0 Å². The van der Waals surface area contributed by atoms with Crippen molar-refractivity contribution >= 4 is 10.9 Å². The monoisotopic (exact) mass is 418 g/mol. The van der Waals surface area contributed by atoms with Crippen molar-refractivity contribution < 1.29 is 9.26 Å². The quantitative estimate of drug-likeness (QED) is 0.467. The molecule has 2 heterocycles. The second-order valence-corrected chi connectivity index (χ2v) is 8.09. The topological polar surface area (TPSA) is 107 Å². The SMILES string of the molecule is Cc1ccc(-c2c(CN)c(CC(C)C)nc3ccc(OCc4noc(=O)[nH]4)cc23)cc1. The van der Waals surface area contributed by atoms with Gasteiger partial charge in [0, 0.05) is 17.6 Å². The summed E-state index contributed by atoms with van der Waals surface area (Å²) in [6, 6.07) is 14.2. The van der Waals surface area contributed by atoms with Crippen molar-refractivity contribution in [2.45, 2.75) is 40.3 Å². The Hall–Kier alpha value is -3.45. The number of aromatic amines is 1. The molecule has 3 N–H and O–H groups in total. The number of aryl methyl sites for hydroxylation is 1. The predicted octanol–water partition coefficient (Wildman–Crippen LogP) is 4.12. The number of nitrogens with one attached hydrogen (secondary N) is 1. The maximum Gasteiger partial charge on any atom is 0.439 e. The highest BCUT2D eigenvalue weighted by atomic mass is 16.5. The van der Waals surface area contributed by atoms with E-state index in [4.69, 9.17) is 15.5 Å². The van der Waals surface area contributed by atoms with E-state index >= 15 is 0 Å². The van der Waals surface area contributed by atoms with Crippen molar-refractivity contribution in [3.8, 4) is 16.9 Å². The molecule has 0 saturated carbocycles. The maximum atomic E-state index is 11.1. The third-order valence-electron chi connectivity index (χ3n) is 5.15. The summed E-state index contributed by atoms with van der Waals surface area (Å²) >= 11 is 0. The number of rotatable bonds is 7. The lowest BCUT2D eigenvalue weighted by Crippen LogP contribution is -2.10. The summed E-state index contributed by atoms with van der Waals surface area (Å²) in [6.45, 7) is 6.94. The van der Waals surface area contributed by atoms with E-state index in [2.05, 4.69) is 59.7 Å². The normalized spacial score (nSPS) is 11.4. The van der Waals surface area contributed by atoms with Crippen LogP contribution < -0.4 is 16.2 Å². The largest absolute Gasteiger partial charge is 0.486 e.